The molecule has 0 bridgehead atoms. The number of aromatic nitrogens is 1. The van der Waals surface area contributed by atoms with Gasteiger partial charge in [-0.05, 0) is 24.6 Å². The zero-order valence-corrected chi connectivity index (χ0v) is 12.8. The first-order valence-corrected chi connectivity index (χ1v) is 7.36. The number of nitrogens with one attached hydrogen (secondary N) is 2. The van der Waals surface area contributed by atoms with Gasteiger partial charge in [0.25, 0.3) is 5.91 Å². The lowest BCUT2D eigenvalue weighted by atomic mass is 10.3. The van der Waals surface area contributed by atoms with Crippen molar-refractivity contribution in [2.24, 2.45) is 0 Å². The third-order valence-electron chi connectivity index (χ3n) is 2.85. The fourth-order valence-electron chi connectivity index (χ4n) is 1.84. The van der Waals surface area contributed by atoms with E-state index in [1.54, 1.807) is 12.4 Å². The van der Waals surface area contributed by atoms with Gasteiger partial charge in [0.05, 0.1) is 7.11 Å². The average Bonchev–Trinajstić information content (AvgIpc) is 2.82. The van der Waals surface area contributed by atoms with Gasteiger partial charge in [-0.2, -0.15) is 0 Å². The third-order valence-corrected chi connectivity index (χ3v) is 3.99. The molecule has 0 saturated carbocycles. The number of carbonyl (C=O) groups excluding carboxylic acids is 1. The van der Waals surface area contributed by atoms with Crippen molar-refractivity contribution < 1.29 is 9.53 Å². The van der Waals surface area contributed by atoms with Gasteiger partial charge in [-0.1, -0.05) is 0 Å². The number of methoxy groups -OCH3 is 1. The quantitative estimate of drug-likeness (QED) is 0.760. The Morgan fingerprint density at radius 3 is 2.76 bits per heavy atom. The van der Waals surface area contributed by atoms with E-state index < -0.39 is 0 Å². The summed E-state index contributed by atoms with van der Waals surface area (Å²) in [5.41, 5.74) is 7.44. The lowest BCUT2D eigenvalue weighted by Gasteiger charge is -2.06. The van der Waals surface area contributed by atoms with Crippen LogP contribution < -0.4 is 21.1 Å². The molecule has 0 saturated heterocycles. The first-order chi connectivity index (χ1) is 10.2. The Morgan fingerprint density at radius 2 is 2.14 bits per heavy atom. The van der Waals surface area contributed by atoms with Gasteiger partial charge in [0.2, 0.25) is 0 Å². The van der Waals surface area contributed by atoms with Crippen molar-refractivity contribution in [3.8, 4) is 5.75 Å². The number of carbonyl (C=O) groups is 1. The van der Waals surface area contributed by atoms with E-state index in [1.807, 2.05) is 19.1 Å². The maximum absolute atomic E-state index is 11.9. The number of pyridine rings is 1. The second-order valence-electron chi connectivity index (χ2n) is 4.28. The largest absolute Gasteiger partial charge is 0.492 e. The molecule has 2 heterocycles. The molecule has 0 atom stereocenters. The van der Waals surface area contributed by atoms with E-state index in [2.05, 4.69) is 15.6 Å². The Bertz CT molecular complexity index is 613. The summed E-state index contributed by atoms with van der Waals surface area (Å²) in [6.07, 6.45) is 3.47. The van der Waals surface area contributed by atoms with E-state index in [-0.39, 0.29) is 5.91 Å². The van der Waals surface area contributed by atoms with E-state index in [9.17, 15) is 4.79 Å². The smallest absolute Gasteiger partial charge is 0.263 e. The van der Waals surface area contributed by atoms with Crippen LogP contribution in [0.1, 0.15) is 22.2 Å². The number of nitrogens with zero attached hydrogens (tertiary/aromatic N) is 1. The molecule has 0 aliphatic rings. The molecule has 21 heavy (non-hydrogen) atoms. The van der Waals surface area contributed by atoms with Crippen molar-refractivity contribution in [2.45, 2.75) is 13.5 Å². The number of anilines is 2. The topological polar surface area (TPSA) is 89.3 Å². The molecule has 2 aromatic heterocycles. The number of ether oxygens (including phenoxy) is 1. The molecule has 0 aliphatic carbocycles. The van der Waals surface area contributed by atoms with Crippen LogP contribution in [0.15, 0.2) is 24.5 Å². The molecule has 0 spiro atoms. The minimum Gasteiger partial charge on any atom is -0.492 e. The lowest BCUT2D eigenvalue weighted by molar-refractivity contribution is 0.0960. The van der Waals surface area contributed by atoms with Gasteiger partial charge in [0.1, 0.15) is 15.6 Å². The number of amides is 1. The van der Waals surface area contributed by atoms with Crippen LogP contribution in [0.3, 0.4) is 0 Å². The second kappa shape index (κ2) is 6.94. The van der Waals surface area contributed by atoms with Crippen LogP contribution in [0.2, 0.25) is 0 Å². The summed E-state index contributed by atoms with van der Waals surface area (Å²) >= 11 is 1.29. The predicted octanol–water partition coefficient (Wildman–Crippen LogP) is 2.10. The third kappa shape index (κ3) is 3.43. The van der Waals surface area contributed by atoms with Crippen LogP contribution in [0.5, 0.6) is 5.75 Å². The zero-order valence-electron chi connectivity index (χ0n) is 12.0. The van der Waals surface area contributed by atoms with Crippen molar-refractivity contribution in [1.29, 1.82) is 0 Å². The van der Waals surface area contributed by atoms with Crippen molar-refractivity contribution >= 4 is 27.9 Å². The highest BCUT2D eigenvalue weighted by molar-refractivity contribution is 7.19. The molecular formula is C14H18N4O2S. The van der Waals surface area contributed by atoms with E-state index in [0.717, 1.165) is 10.6 Å². The molecule has 4 N–H and O–H groups in total. The molecule has 2 rings (SSSR count). The van der Waals surface area contributed by atoms with Gasteiger partial charge in [-0.15, -0.1) is 11.3 Å². The first-order valence-electron chi connectivity index (χ1n) is 6.54. The van der Waals surface area contributed by atoms with E-state index >= 15 is 0 Å². The van der Waals surface area contributed by atoms with Gasteiger partial charge >= 0.3 is 0 Å². The number of hydrogen-bond acceptors (Lipinski definition) is 6. The van der Waals surface area contributed by atoms with Crippen LogP contribution in [0, 0.1) is 0 Å². The van der Waals surface area contributed by atoms with Crippen molar-refractivity contribution in [2.75, 3.05) is 24.7 Å². The van der Waals surface area contributed by atoms with E-state index in [0.29, 0.717) is 29.4 Å². The van der Waals surface area contributed by atoms with E-state index in [1.165, 1.54) is 18.4 Å². The molecule has 2 aromatic rings. The molecule has 112 valence electrons. The fourth-order valence-corrected chi connectivity index (χ4v) is 2.84. The van der Waals surface area contributed by atoms with Gasteiger partial charge < -0.3 is 21.1 Å². The maximum Gasteiger partial charge on any atom is 0.263 e. The highest BCUT2D eigenvalue weighted by atomic mass is 32.1. The normalized spacial score (nSPS) is 10.2. The monoisotopic (exact) mass is 306 g/mol. The SMILES string of the molecule is CCNC(=O)c1sc(NCc2ccncc2)c(OC)c1N. The molecule has 0 aliphatic heterocycles. The van der Waals surface area contributed by atoms with Crippen molar-refractivity contribution in [3.63, 3.8) is 0 Å². The molecule has 0 unspecified atom stereocenters. The Kier molecular flexibility index (Phi) is 4.99. The number of thiophene rings is 1. The summed E-state index contributed by atoms with van der Waals surface area (Å²) < 4.78 is 5.30. The van der Waals surface area contributed by atoms with Crippen LogP contribution >= 0.6 is 11.3 Å². The van der Waals surface area contributed by atoms with Crippen molar-refractivity contribution in [1.82, 2.24) is 10.3 Å². The van der Waals surface area contributed by atoms with E-state index in [4.69, 9.17) is 10.5 Å². The number of nitrogen functional groups attached to an aromatic ring is 1. The summed E-state index contributed by atoms with van der Waals surface area (Å²) in [5.74, 6) is 0.325. The molecule has 0 fully saturated rings. The molecule has 7 heteroatoms. The minimum absolute atomic E-state index is 0.185. The highest BCUT2D eigenvalue weighted by Gasteiger charge is 2.21. The highest BCUT2D eigenvalue weighted by Crippen LogP contribution is 2.42. The molecule has 0 radical (unpaired) electrons. The zero-order chi connectivity index (χ0) is 15.2. The minimum atomic E-state index is -0.185. The van der Waals surface area contributed by atoms with Gasteiger partial charge in [0, 0.05) is 25.5 Å². The maximum atomic E-state index is 11.9. The number of nitrogens with two attached hydrogens (primary N) is 1. The lowest BCUT2D eigenvalue weighted by Crippen LogP contribution is -2.22. The predicted molar refractivity (Wildman–Crippen MR) is 84.9 cm³/mol. The van der Waals surface area contributed by atoms with Gasteiger partial charge in [-0.3, -0.25) is 9.78 Å². The molecule has 6 nitrogen and oxygen atoms in total. The van der Waals surface area contributed by atoms with Gasteiger partial charge in [-0.25, -0.2) is 0 Å². The average molecular weight is 306 g/mol. The summed E-state index contributed by atoms with van der Waals surface area (Å²) in [5, 5.41) is 6.73. The molecule has 0 aromatic carbocycles. The number of rotatable bonds is 6. The summed E-state index contributed by atoms with van der Waals surface area (Å²) in [7, 11) is 1.54. The number of hydrogen-bond donors (Lipinski definition) is 3. The van der Waals surface area contributed by atoms with Crippen molar-refractivity contribution in [3.05, 3.63) is 35.0 Å². The first kappa shape index (κ1) is 15.1. The summed E-state index contributed by atoms with van der Waals surface area (Å²) in [6.45, 7) is 3.02. The second-order valence-corrected chi connectivity index (χ2v) is 5.30. The molecular weight excluding hydrogens is 288 g/mol. The molecule has 1 amide bonds. The van der Waals surface area contributed by atoms with Gasteiger partial charge in [0.15, 0.2) is 5.75 Å². The summed E-state index contributed by atoms with van der Waals surface area (Å²) in [4.78, 5) is 16.4. The van der Waals surface area contributed by atoms with Crippen LogP contribution in [-0.4, -0.2) is 24.5 Å². The Balaban J connectivity index is 2.19. The Morgan fingerprint density at radius 1 is 1.43 bits per heavy atom. The standard InChI is InChI=1S/C14H18N4O2S/c1-3-17-13(19)12-10(15)11(20-2)14(21-12)18-8-9-4-6-16-7-5-9/h4-7,18H,3,8,15H2,1-2H3,(H,17,19). The fraction of sp³-hybridized carbons (Fsp3) is 0.286. The Labute approximate surface area is 127 Å². The van der Waals surface area contributed by atoms with Crippen LogP contribution in [-0.2, 0) is 6.54 Å². The van der Waals surface area contributed by atoms with Crippen LogP contribution in [0.4, 0.5) is 10.7 Å². The Hall–Kier alpha value is -2.28. The summed E-state index contributed by atoms with van der Waals surface area (Å²) in [6, 6.07) is 3.84. The van der Waals surface area contributed by atoms with Crippen LogP contribution in [0.25, 0.3) is 0 Å².